The van der Waals surface area contributed by atoms with Gasteiger partial charge in [-0.15, -0.1) is 0 Å². The minimum Gasteiger partial charge on any atom is -0.481 e. The summed E-state index contributed by atoms with van der Waals surface area (Å²) in [4.78, 5) is 17.4. The standard InChI is InChI=1S/C22H21BrClNO3/c1-4-5-16(22(26)28-3)20-19(13-6-9-15(24)10-7-13)17-12-14(23)8-11-18(17)25-21(20)27-2/h6-12,16H,4-5H2,1-3H3. The van der Waals surface area contributed by atoms with Gasteiger partial charge in [0.2, 0.25) is 5.88 Å². The maximum atomic E-state index is 12.7. The van der Waals surface area contributed by atoms with Crippen molar-refractivity contribution in [3.63, 3.8) is 0 Å². The van der Waals surface area contributed by atoms with Crippen LogP contribution in [0.3, 0.4) is 0 Å². The number of halogens is 2. The third-order valence-corrected chi connectivity index (χ3v) is 5.43. The Labute approximate surface area is 178 Å². The van der Waals surface area contributed by atoms with Crippen LogP contribution in [-0.4, -0.2) is 25.2 Å². The van der Waals surface area contributed by atoms with Crippen molar-refractivity contribution >= 4 is 44.4 Å². The molecule has 0 bridgehead atoms. The van der Waals surface area contributed by atoms with E-state index < -0.39 is 5.92 Å². The smallest absolute Gasteiger partial charge is 0.313 e. The highest BCUT2D eigenvalue weighted by Crippen LogP contribution is 2.43. The van der Waals surface area contributed by atoms with Gasteiger partial charge in [-0.25, -0.2) is 4.98 Å². The number of hydrogen-bond acceptors (Lipinski definition) is 4. The number of methoxy groups -OCH3 is 2. The highest BCUT2D eigenvalue weighted by molar-refractivity contribution is 9.10. The summed E-state index contributed by atoms with van der Waals surface area (Å²) >= 11 is 9.66. The number of ether oxygens (including phenoxy) is 2. The Kier molecular flexibility index (Phi) is 6.57. The van der Waals surface area contributed by atoms with Gasteiger partial charge in [0, 0.05) is 26.0 Å². The summed E-state index contributed by atoms with van der Waals surface area (Å²) in [6.45, 7) is 2.04. The summed E-state index contributed by atoms with van der Waals surface area (Å²) < 4.78 is 11.7. The predicted octanol–water partition coefficient (Wildman–Crippen LogP) is 6.38. The second-order valence-electron chi connectivity index (χ2n) is 6.44. The normalized spacial score (nSPS) is 12.0. The van der Waals surface area contributed by atoms with Crippen molar-refractivity contribution in [2.75, 3.05) is 14.2 Å². The second kappa shape index (κ2) is 8.93. The first-order valence-electron chi connectivity index (χ1n) is 9.01. The first-order valence-corrected chi connectivity index (χ1v) is 10.2. The monoisotopic (exact) mass is 461 g/mol. The third kappa shape index (κ3) is 4.01. The van der Waals surface area contributed by atoms with Crippen molar-refractivity contribution in [2.45, 2.75) is 25.7 Å². The lowest BCUT2D eigenvalue weighted by molar-refractivity contribution is -0.142. The molecule has 3 rings (SSSR count). The summed E-state index contributed by atoms with van der Waals surface area (Å²) in [5.41, 5.74) is 3.37. The maximum absolute atomic E-state index is 12.7. The van der Waals surface area contributed by atoms with E-state index in [2.05, 4.69) is 20.9 Å². The van der Waals surface area contributed by atoms with Crippen molar-refractivity contribution in [3.05, 3.63) is 57.5 Å². The van der Waals surface area contributed by atoms with Gasteiger partial charge in [-0.2, -0.15) is 0 Å². The molecule has 0 aliphatic heterocycles. The van der Waals surface area contributed by atoms with Gasteiger partial charge in [-0.1, -0.05) is 53.0 Å². The summed E-state index contributed by atoms with van der Waals surface area (Å²) in [6.07, 6.45) is 1.45. The first kappa shape index (κ1) is 20.6. The Balaban J connectivity index is 2.44. The number of benzene rings is 2. The van der Waals surface area contributed by atoms with Crippen LogP contribution >= 0.6 is 27.5 Å². The van der Waals surface area contributed by atoms with Crippen molar-refractivity contribution in [2.24, 2.45) is 0 Å². The van der Waals surface area contributed by atoms with Crippen molar-refractivity contribution < 1.29 is 14.3 Å². The van der Waals surface area contributed by atoms with E-state index in [-0.39, 0.29) is 5.97 Å². The van der Waals surface area contributed by atoms with Gasteiger partial charge in [0.1, 0.15) is 0 Å². The Morgan fingerprint density at radius 1 is 1.18 bits per heavy atom. The molecular formula is C22H21BrClNO3. The predicted molar refractivity (Wildman–Crippen MR) is 116 cm³/mol. The molecule has 1 unspecified atom stereocenters. The van der Waals surface area contributed by atoms with Crippen LogP contribution in [0.15, 0.2) is 46.9 Å². The zero-order valence-corrected chi connectivity index (χ0v) is 18.3. The van der Waals surface area contributed by atoms with Crippen LogP contribution in [-0.2, 0) is 9.53 Å². The molecule has 1 aromatic heterocycles. The fourth-order valence-electron chi connectivity index (χ4n) is 3.45. The van der Waals surface area contributed by atoms with Gasteiger partial charge in [0.25, 0.3) is 0 Å². The number of nitrogens with zero attached hydrogens (tertiary/aromatic N) is 1. The van der Waals surface area contributed by atoms with Gasteiger partial charge in [-0.05, 0) is 42.3 Å². The van der Waals surface area contributed by atoms with Gasteiger partial charge in [-0.3, -0.25) is 4.79 Å². The molecule has 6 heteroatoms. The molecule has 0 aliphatic rings. The fraction of sp³-hybridized carbons (Fsp3) is 0.273. The Morgan fingerprint density at radius 3 is 2.50 bits per heavy atom. The van der Waals surface area contributed by atoms with Crippen molar-refractivity contribution in [3.8, 4) is 17.0 Å². The van der Waals surface area contributed by atoms with E-state index in [1.54, 1.807) is 7.11 Å². The number of pyridine rings is 1. The minimum absolute atomic E-state index is 0.300. The topological polar surface area (TPSA) is 48.4 Å². The zero-order chi connectivity index (χ0) is 20.3. The number of carbonyl (C=O) groups is 1. The highest BCUT2D eigenvalue weighted by atomic mass is 79.9. The van der Waals surface area contributed by atoms with Crippen LogP contribution in [0.4, 0.5) is 0 Å². The van der Waals surface area contributed by atoms with Crippen molar-refractivity contribution in [1.29, 1.82) is 0 Å². The molecule has 28 heavy (non-hydrogen) atoms. The van der Waals surface area contributed by atoms with Gasteiger partial charge in [0.05, 0.1) is 25.7 Å². The van der Waals surface area contributed by atoms with E-state index in [1.807, 2.05) is 49.4 Å². The number of carbonyl (C=O) groups excluding carboxylic acids is 1. The molecule has 0 radical (unpaired) electrons. The number of hydrogen-bond donors (Lipinski definition) is 0. The number of fused-ring (bicyclic) bond motifs is 1. The number of aromatic nitrogens is 1. The molecule has 1 atom stereocenters. The van der Waals surface area contributed by atoms with E-state index in [1.165, 1.54) is 7.11 Å². The second-order valence-corrected chi connectivity index (χ2v) is 7.79. The molecule has 146 valence electrons. The molecular weight excluding hydrogens is 442 g/mol. The first-order chi connectivity index (χ1) is 13.5. The molecule has 4 nitrogen and oxygen atoms in total. The average molecular weight is 463 g/mol. The molecule has 0 saturated heterocycles. The van der Waals surface area contributed by atoms with Crippen LogP contribution in [0.2, 0.25) is 5.02 Å². The molecule has 0 aliphatic carbocycles. The van der Waals surface area contributed by atoms with Crippen LogP contribution in [0.1, 0.15) is 31.2 Å². The summed E-state index contributed by atoms with van der Waals surface area (Å²) in [7, 11) is 2.98. The van der Waals surface area contributed by atoms with Crippen LogP contribution in [0.5, 0.6) is 5.88 Å². The number of rotatable bonds is 6. The van der Waals surface area contributed by atoms with Crippen molar-refractivity contribution in [1.82, 2.24) is 4.98 Å². The number of esters is 1. The van der Waals surface area contributed by atoms with E-state index in [9.17, 15) is 4.79 Å². The summed E-state index contributed by atoms with van der Waals surface area (Å²) in [5, 5.41) is 1.58. The molecule has 0 spiro atoms. The highest BCUT2D eigenvalue weighted by Gasteiger charge is 2.30. The molecule has 0 N–H and O–H groups in total. The quantitative estimate of drug-likeness (QED) is 0.399. The van der Waals surface area contributed by atoms with E-state index >= 15 is 0 Å². The lowest BCUT2D eigenvalue weighted by Gasteiger charge is -2.22. The molecule has 1 heterocycles. The lowest BCUT2D eigenvalue weighted by Crippen LogP contribution is -2.17. The van der Waals surface area contributed by atoms with Crippen LogP contribution < -0.4 is 4.74 Å². The van der Waals surface area contributed by atoms with Gasteiger partial charge >= 0.3 is 5.97 Å². The van der Waals surface area contributed by atoms with Crippen LogP contribution in [0.25, 0.3) is 22.0 Å². The molecule has 0 amide bonds. The average Bonchev–Trinajstić information content (AvgIpc) is 2.71. The molecule has 0 saturated carbocycles. The summed E-state index contributed by atoms with van der Waals surface area (Å²) in [6, 6.07) is 13.4. The fourth-order valence-corrected chi connectivity index (χ4v) is 3.93. The zero-order valence-electron chi connectivity index (χ0n) is 16.0. The lowest BCUT2D eigenvalue weighted by atomic mass is 9.86. The molecule has 3 aromatic rings. The molecule has 2 aromatic carbocycles. The summed E-state index contributed by atoms with van der Waals surface area (Å²) in [5.74, 6) is -0.346. The third-order valence-electron chi connectivity index (χ3n) is 4.69. The SMILES string of the molecule is CCCC(C(=O)OC)c1c(OC)nc2ccc(Br)cc2c1-c1ccc(Cl)cc1. The largest absolute Gasteiger partial charge is 0.481 e. The maximum Gasteiger partial charge on any atom is 0.313 e. The Bertz CT molecular complexity index is 1000. The minimum atomic E-state index is -0.480. The molecule has 0 fully saturated rings. The van der Waals surface area contributed by atoms with E-state index in [0.29, 0.717) is 17.3 Å². The Hall–Kier alpha value is -2.11. The van der Waals surface area contributed by atoms with E-state index in [4.69, 9.17) is 21.1 Å². The Morgan fingerprint density at radius 2 is 1.89 bits per heavy atom. The van der Waals surface area contributed by atoms with Gasteiger partial charge < -0.3 is 9.47 Å². The van der Waals surface area contributed by atoms with E-state index in [0.717, 1.165) is 38.5 Å². The van der Waals surface area contributed by atoms with Crippen LogP contribution in [0, 0.1) is 0 Å². The van der Waals surface area contributed by atoms with Gasteiger partial charge in [0.15, 0.2) is 0 Å².